The SMILES string of the molecule is CC(C)Cn1ncnc1CC1(C)CCC(=O)C1. The second-order valence-electron chi connectivity index (χ2n) is 5.96. The van der Waals surface area contributed by atoms with E-state index in [1.165, 1.54) is 0 Å². The Morgan fingerprint density at radius 2 is 2.29 bits per heavy atom. The standard InChI is InChI=1S/C13H21N3O/c1-10(2)8-16-12(14-9-15-16)7-13(3)5-4-11(17)6-13/h9-10H,4-8H2,1-3H3. The first-order valence-electron chi connectivity index (χ1n) is 6.37. The fraction of sp³-hybridized carbons (Fsp3) is 0.769. The predicted molar refractivity (Wildman–Crippen MR) is 65.5 cm³/mol. The lowest BCUT2D eigenvalue weighted by Crippen LogP contribution is -2.20. The molecular formula is C13H21N3O. The van der Waals surface area contributed by atoms with Crippen LogP contribution in [-0.2, 0) is 17.8 Å². The quantitative estimate of drug-likeness (QED) is 0.804. The van der Waals surface area contributed by atoms with Crippen molar-refractivity contribution in [3.63, 3.8) is 0 Å². The van der Waals surface area contributed by atoms with E-state index in [0.717, 1.165) is 31.6 Å². The third kappa shape index (κ3) is 2.93. The minimum atomic E-state index is 0.0961. The fourth-order valence-corrected chi connectivity index (χ4v) is 2.55. The maximum Gasteiger partial charge on any atom is 0.138 e. The Bertz CT molecular complexity index is 411. The van der Waals surface area contributed by atoms with Crippen LogP contribution in [0.2, 0.25) is 0 Å². The summed E-state index contributed by atoms with van der Waals surface area (Å²) >= 11 is 0. The highest BCUT2D eigenvalue weighted by Crippen LogP contribution is 2.38. The maximum absolute atomic E-state index is 11.4. The molecule has 1 aromatic heterocycles. The Balaban J connectivity index is 2.08. The van der Waals surface area contributed by atoms with E-state index in [0.29, 0.717) is 18.1 Å². The average Bonchev–Trinajstić information content (AvgIpc) is 2.75. The Morgan fingerprint density at radius 1 is 1.53 bits per heavy atom. The van der Waals surface area contributed by atoms with Gasteiger partial charge in [-0.2, -0.15) is 5.10 Å². The van der Waals surface area contributed by atoms with Crippen molar-refractivity contribution in [3.8, 4) is 0 Å². The van der Waals surface area contributed by atoms with E-state index in [-0.39, 0.29) is 5.41 Å². The van der Waals surface area contributed by atoms with E-state index in [9.17, 15) is 4.79 Å². The van der Waals surface area contributed by atoms with Gasteiger partial charge in [0.1, 0.15) is 17.9 Å². The largest absolute Gasteiger partial charge is 0.300 e. The molecule has 1 aromatic rings. The van der Waals surface area contributed by atoms with Crippen LogP contribution in [0.4, 0.5) is 0 Å². The highest BCUT2D eigenvalue weighted by molar-refractivity contribution is 5.81. The second kappa shape index (κ2) is 4.59. The first-order chi connectivity index (χ1) is 7.98. The van der Waals surface area contributed by atoms with Gasteiger partial charge in [-0.3, -0.25) is 4.79 Å². The van der Waals surface area contributed by atoms with Crippen molar-refractivity contribution in [2.75, 3.05) is 0 Å². The van der Waals surface area contributed by atoms with Crippen LogP contribution in [0.3, 0.4) is 0 Å². The van der Waals surface area contributed by atoms with E-state index in [1.807, 2.05) is 4.68 Å². The lowest BCUT2D eigenvalue weighted by Gasteiger charge is -2.22. The smallest absolute Gasteiger partial charge is 0.138 e. The molecule has 1 saturated carbocycles. The number of hydrogen-bond acceptors (Lipinski definition) is 3. The van der Waals surface area contributed by atoms with E-state index < -0.39 is 0 Å². The molecule has 1 heterocycles. The summed E-state index contributed by atoms with van der Waals surface area (Å²) in [6.45, 7) is 7.43. The third-order valence-corrected chi connectivity index (χ3v) is 3.45. The van der Waals surface area contributed by atoms with E-state index in [2.05, 4.69) is 30.9 Å². The molecule has 4 heteroatoms. The van der Waals surface area contributed by atoms with E-state index >= 15 is 0 Å². The molecule has 0 aliphatic heterocycles. The van der Waals surface area contributed by atoms with Gasteiger partial charge in [0.25, 0.3) is 0 Å². The van der Waals surface area contributed by atoms with Gasteiger partial charge in [0.05, 0.1) is 0 Å². The number of nitrogens with zero attached hydrogens (tertiary/aromatic N) is 3. The fourth-order valence-electron chi connectivity index (χ4n) is 2.55. The van der Waals surface area contributed by atoms with Gasteiger partial charge in [-0.25, -0.2) is 9.67 Å². The zero-order valence-corrected chi connectivity index (χ0v) is 10.9. The number of aromatic nitrogens is 3. The van der Waals surface area contributed by atoms with Crippen LogP contribution < -0.4 is 0 Å². The van der Waals surface area contributed by atoms with Crippen LogP contribution in [0.25, 0.3) is 0 Å². The highest BCUT2D eigenvalue weighted by Gasteiger charge is 2.35. The Hall–Kier alpha value is -1.19. The minimum absolute atomic E-state index is 0.0961. The molecule has 2 rings (SSSR count). The normalized spacial score (nSPS) is 24.8. The molecule has 1 atom stereocenters. The minimum Gasteiger partial charge on any atom is -0.300 e. The summed E-state index contributed by atoms with van der Waals surface area (Å²) < 4.78 is 1.98. The number of ketones is 1. The van der Waals surface area contributed by atoms with Crippen molar-refractivity contribution < 1.29 is 4.79 Å². The lowest BCUT2D eigenvalue weighted by atomic mass is 9.85. The first-order valence-corrected chi connectivity index (χ1v) is 6.37. The molecule has 0 spiro atoms. The average molecular weight is 235 g/mol. The van der Waals surface area contributed by atoms with Crippen LogP contribution in [0, 0.1) is 11.3 Å². The van der Waals surface area contributed by atoms with Gasteiger partial charge in [-0.1, -0.05) is 20.8 Å². The topological polar surface area (TPSA) is 47.8 Å². The van der Waals surface area contributed by atoms with E-state index in [1.54, 1.807) is 6.33 Å². The third-order valence-electron chi connectivity index (χ3n) is 3.45. The van der Waals surface area contributed by atoms with Crippen LogP contribution >= 0.6 is 0 Å². The number of carbonyl (C=O) groups is 1. The van der Waals surface area contributed by atoms with Crippen LogP contribution in [0.15, 0.2) is 6.33 Å². The molecule has 0 bridgehead atoms. The zero-order chi connectivity index (χ0) is 12.5. The van der Waals surface area contributed by atoms with Gasteiger partial charge in [0.2, 0.25) is 0 Å². The number of carbonyl (C=O) groups excluding carboxylic acids is 1. The summed E-state index contributed by atoms with van der Waals surface area (Å²) in [4.78, 5) is 15.8. The predicted octanol–water partition coefficient (Wildman–Crippen LogP) is 2.24. The summed E-state index contributed by atoms with van der Waals surface area (Å²) in [5.41, 5.74) is 0.0961. The maximum atomic E-state index is 11.4. The molecule has 0 N–H and O–H groups in total. The Kier molecular flexibility index (Phi) is 3.31. The van der Waals surface area contributed by atoms with Crippen LogP contribution in [-0.4, -0.2) is 20.5 Å². The molecule has 1 fully saturated rings. The number of Topliss-reactive ketones (excluding diaryl/α,β-unsaturated/α-hetero) is 1. The van der Waals surface area contributed by atoms with Gasteiger partial charge in [-0.15, -0.1) is 0 Å². The van der Waals surface area contributed by atoms with Crippen LogP contribution in [0.5, 0.6) is 0 Å². The van der Waals surface area contributed by atoms with E-state index in [4.69, 9.17) is 0 Å². The number of rotatable bonds is 4. The highest BCUT2D eigenvalue weighted by atomic mass is 16.1. The lowest BCUT2D eigenvalue weighted by molar-refractivity contribution is -0.117. The molecule has 0 aromatic carbocycles. The van der Waals surface area contributed by atoms with Crippen LogP contribution in [0.1, 0.15) is 45.9 Å². The van der Waals surface area contributed by atoms with Crippen molar-refractivity contribution in [3.05, 3.63) is 12.2 Å². The van der Waals surface area contributed by atoms with Gasteiger partial charge in [0.15, 0.2) is 0 Å². The van der Waals surface area contributed by atoms with Gasteiger partial charge < -0.3 is 0 Å². The summed E-state index contributed by atoms with van der Waals surface area (Å²) in [7, 11) is 0. The summed E-state index contributed by atoms with van der Waals surface area (Å²) in [6.07, 6.45) is 4.90. The second-order valence-corrected chi connectivity index (χ2v) is 5.96. The van der Waals surface area contributed by atoms with Gasteiger partial charge >= 0.3 is 0 Å². The van der Waals surface area contributed by atoms with Gasteiger partial charge in [0, 0.05) is 25.8 Å². The molecule has 1 unspecified atom stereocenters. The molecular weight excluding hydrogens is 214 g/mol. The summed E-state index contributed by atoms with van der Waals surface area (Å²) in [6, 6.07) is 0. The molecule has 0 saturated heterocycles. The zero-order valence-electron chi connectivity index (χ0n) is 10.9. The van der Waals surface area contributed by atoms with Gasteiger partial charge in [-0.05, 0) is 17.8 Å². The summed E-state index contributed by atoms with van der Waals surface area (Å²) in [5.74, 6) is 1.98. The van der Waals surface area contributed by atoms with Crippen molar-refractivity contribution in [2.45, 2.75) is 53.0 Å². The van der Waals surface area contributed by atoms with Crippen molar-refractivity contribution in [1.82, 2.24) is 14.8 Å². The van der Waals surface area contributed by atoms with Crippen molar-refractivity contribution in [1.29, 1.82) is 0 Å². The monoisotopic (exact) mass is 235 g/mol. The van der Waals surface area contributed by atoms with Crippen molar-refractivity contribution in [2.24, 2.45) is 11.3 Å². The number of hydrogen-bond donors (Lipinski definition) is 0. The molecule has 1 aliphatic rings. The summed E-state index contributed by atoms with van der Waals surface area (Å²) in [5, 5.41) is 4.27. The molecule has 0 amide bonds. The molecule has 17 heavy (non-hydrogen) atoms. The Morgan fingerprint density at radius 3 is 2.88 bits per heavy atom. The van der Waals surface area contributed by atoms with Crippen molar-refractivity contribution >= 4 is 5.78 Å². The Labute approximate surface area is 102 Å². The first kappa shape index (κ1) is 12.3. The molecule has 4 nitrogen and oxygen atoms in total. The molecule has 94 valence electrons. The molecule has 0 radical (unpaired) electrons. The molecule has 1 aliphatic carbocycles.